The molecule has 4 aliphatic rings. The monoisotopic (exact) mass is 1270 g/mol. The molecule has 20 nitrogen and oxygen atoms in total. The van der Waals surface area contributed by atoms with Gasteiger partial charge in [-0.15, -0.1) is 0 Å². The van der Waals surface area contributed by atoms with Gasteiger partial charge in [0.15, 0.2) is 0 Å². The van der Waals surface area contributed by atoms with Crippen LogP contribution in [0.3, 0.4) is 0 Å². The third-order valence-corrected chi connectivity index (χ3v) is 17.0. The molecule has 0 spiro atoms. The van der Waals surface area contributed by atoms with Crippen LogP contribution in [0.1, 0.15) is 69.9 Å². The summed E-state index contributed by atoms with van der Waals surface area (Å²) in [5, 5.41) is 1.76. The zero-order chi connectivity index (χ0) is 60.9. The molecule has 4 aromatic carbocycles. The van der Waals surface area contributed by atoms with E-state index < -0.39 is 23.8 Å². The Bertz CT molecular complexity index is 3090. The van der Waals surface area contributed by atoms with E-state index in [1.165, 1.54) is 0 Å². The number of amides is 2. The van der Waals surface area contributed by atoms with Crippen molar-refractivity contribution in [2.45, 2.75) is 109 Å². The van der Waals surface area contributed by atoms with Crippen molar-refractivity contribution in [1.82, 2.24) is 18.9 Å². The number of hydrogen-bond acceptors (Lipinski definition) is 14. The summed E-state index contributed by atoms with van der Waals surface area (Å²) in [6, 6.07) is 26.2. The molecule has 6 heterocycles. The summed E-state index contributed by atoms with van der Waals surface area (Å²) in [6.45, 7) is 10.6. The first-order valence-corrected chi connectivity index (χ1v) is 31.0. The highest BCUT2D eigenvalue weighted by atomic mass is 35.5. The van der Waals surface area contributed by atoms with Crippen molar-refractivity contribution >= 4 is 81.5 Å². The highest BCUT2D eigenvalue weighted by molar-refractivity contribution is 6.35. The summed E-state index contributed by atoms with van der Waals surface area (Å²) in [5.74, 6) is -1.54. The van der Waals surface area contributed by atoms with Crippen molar-refractivity contribution in [3.8, 4) is 11.5 Å². The Kier molecular flexibility index (Phi) is 21.6. The molecule has 0 radical (unpaired) electrons. The molecule has 4 fully saturated rings. The highest BCUT2D eigenvalue weighted by Crippen LogP contribution is 2.42. The lowest BCUT2D eigenvalue weighted by molar-refractivity contribution is -0.727. The number of esters is 2. The summed E-state index contributed by atoms with van der Waals surface area (Å²) in [5.41, 5.74) is 3.38. The molecule has 0 bridgehead atoms. The maximum absolute atomic E-state index is 12.8. The van der Waals surface area contributed by atoms with Gasteiger partial charge < -0.3 is 57.5 Å². The average molecular weight is 1280 g/mol. The van der Waals surface area contributed by atoms with Gasteiger partial charge in [-0.1, -0.05) is 77.8 Å². The predicted octanol–water partition coefficient (Wildman–Crippen LogP) is 8.94. The highest BCUT2D eigenvalue weighted by Gasteiger charge is 2.49. The second-order valence-electron chi connectivity index (χ2n) is 22.2. The number of halogens is 4. The molecule has 2 amide bonds. The van der Waals surface area contributed by atoms with E-state index in [0.29, 0.717) is 81.7 Å². The first kappa shape index (κ1) is 63.4. The van der Waals surface area contributed by atoms with Crippen LogP contribution in [0.4, 0.5) is 11.4 Å². The lowest BCUT2D eigenvalue weighted by Gasteiger charge is -2.35. The Labute approximate surface area is 526 Å². The number of benzene rings is 4. The molecular formula is C63H74Cl4N8O12+2. The minimum atomic E-state index is -1.26. The molecule has 6 aromatic rings. The smallest absolute Gasteiger partial charge is 0.308 e. The normalized spacial score (nSPS) is 20.4. The van der Waals surface area contributed by atoms with E-state index in [9.17, 15) is 19.2 Å². The molecule has 4 saturated heterocycles. The van der Waals surface area contributed by atoms with E-state index in [1.54, 1.807) is 71.8 Å². The van der Waals surface area contributed by atoms with Crippen molar-refractivity contribution in [2.24, 2.45) is 0 Å². The summed E-state index contributed by atoms with van der Waals surface area (Å²) in [7, 11) is 0. The number of unbranched alkanes of at least 4 members (excludes halogenated alkanes) is 4. The van der Waals surface area contributed by atoms with E-state index in [1.807, 2.05) is 92.5 Å². The van der Waals surface area contributed by atoms with Gasteiger partial charge in [0.1, 0.15) is 74.8 Å². The van der Waals surface area contributed by atoms with Gasteiger partial charge >= 0.3 is 11.9 Å². The Morgan fingerprint density at radius 2 is 0.920 bits per heavy atom. The molecule has 0 saturated carbocycles. The Morgan fingerprint density at radius 1 is 0.529 bits per heavy atom. The SMILES string of the molecule is CC(=O)N1CCN(c2ccc(OC[C@@H]3CO[C@@](Cn4cc[n+](COC(=O)CCCCCCCC(=O)OC[n+]5ccn(C[C@@]6(c7ccc(Cl)cc7Cl)OC[C@@H](COc7ccc(N8CCN(C(C)=O)CC8)cc7)O6)c5)c4)(c4ccc(Cl)cc4Cl)O3)cc2)CC1. The average Bonchev–Trinajstić information content (AvgIpc) is 2.03. The summed E-state index contributed by atoms with van der Waals surface area (Å²) < 4.78 is 57.1. The van der Waals surface area contributed by atoms with Crippen LogP contribution in [-0.4, -0.2) is 134 Å². The molecule has 0 aliphatic carbocycles. The molecular weight excluding hydrogens is 1200 g/mol. The van der Waals surface area contributed by atoms with Crippen LogP contribution < -0.4 is 28.4 Å². The van der Waals surface area contributed by atoms with Gasteiger partial charge in [0, 0.05) is 112 Å². The predicted molar refractivity (Wildman–Crippen MR) is 324 cm³/mol. The fourth-order valence-electron chi connectivity index (χ4n) is 11.2. The third kappa shape index (κ3) is 17.0. The van der Waals surface area contributed by atoms with Crippen molar-refractivity contribution in [3.05, 3.63) is 154 Å². The van der Waals surface area contributed by atoms with Crippen LogP contribution in [0.2, 0.25) is 20.1 Å². The second kappa shape index (κ2) is 29.6. The number of ether oxygens (including phenoxy) is 8. The van der Waals surface area contributed by atoms with Gasteiger partial charge in [-0.2, -0.15) is 0 Å². The van der Waals surface area contributed by atoms with Crippen LogP contribution in [0, 0.1) is 0 Å². The number of carbonyl (C=O) groups is 4. The lowest BCUT2D eigenvalue weighted by Crippen LogP contribution is -2.48. The number of nitrogens with zero attached hydrogens (tertiary/aromatic N) is 8. The van der Waals surface area contributed by atoms with Crippen LogP contribution in [-0.2, 0) is 85.7 Å². The number of imidazole rings is 2. The first-order valence-electron chi connectivity index (χ1n) is 29.5. The summed E-state index contributed by atoms with van der Waals surface area (Å²) in [6.07, 6.45) is 14.4. The van der Waals surface area contributed by atoms with Gasteiger partial charge in [0.2, 0.25) is 49.5 Å². The number of hydrogen-bond donors (Lipinski definition) is 0. The minimum Gasteiger partial charge on any atom is -0.491 e. The fraction of sp³-hybridized carbons (Fsp3) is 0.460. The quantitative estimate of drug-likeness (QED) is 0.0286. The van der Waals surface area contributed by atoms with Gasteiger partial charge in [-0.25, -0.2) is 18.3 Å². The van der Waals surface area contributed by atoms with E-state index in [-0.39, 0.29) is 89.6 Å². The number of anilines is 2. The zero-order valence-corrected chi connectivity index (χ0v) is 52.0. The number of piperazine rings is 2. The van der Waals surface area contributed by atoms with Crippen LogP contribution >= 0.6 is 46.4 Å². The molecule has 4 atom stereocenters. The minimum absolute atomic E-state index is 0.0259. The standard InChI is InChI=1S/C63H74Cl4N8O12/c1-46(76)72-26-30-74(31-27-72)50-12-16-52(17-13-50)80-36-54-38-84-62(86-54,56-20-10-48(64)34-58(56)66)40-68-22-24-70(42-68)44-82-60(78)8-6-4-3-5-7-9-61(79)83-45-71-25-23-69(43-71)41-63(57-21-11-49(65)35-59(57)67)85-39-55(87-63)37-81-53-18-14-51(15-19-53)75-32-28-73(29-33-75)47(2)77/h10-25,34-35,42-43,54-55H,3-9,26-33,36-41,44-45H2,1-2H3/q+2/t54-,55-,62-,63-/m1/s1. The molecule has 2 aromatic heterocycles. The van der Waals surface area contributed by atoms with E-state index in [0.717, 1.165) is 56.8 Å². The van der Waals surface area contributed by atoms with Crippen molar-refractivity contribution in [3.63, 3.8) is 0 Å². The lowest BCUT2D eigenvalue weighted by atomic mass is 10.1. The Balaban J connectivity index is 0.612. The van der Waals surface area contributed by atoms with Gasteiger partial charge in [0.05, 0.1) is 23.3 Å². The van der Waals surface area contributed by atoms with Crippen LogP contribution in [0.15, 0.2) is 122 Å². The number of rotatable bonds is 26. The molecule has 464 valence electrons. The number of aromatic nitrogens is 4. The Morgan fingerprint density at radius 3 is 1.30 bits per heavy atom. The summed E-state index contributed by atoms with van der Waals surface area (Å²) in [4.78, 5) is 57.4. The van der Waals surface area contributed by atoms with Crippen LogP contribution in [0.25, 0.3) is 0 Å². The second-order valence-corrected chi connectivity index (χ2v) is 23.9. The van der Waals surface area contributed by atoms with Gasteiger partial charge in [-0.05, 0) is 85.6 Å². The maximum atomic E-state index is 12.8. The summed E-state index contributed by atoms with van der Waals surface area (Å²) >= 11 is 26.1. The number of carbonyl (C=O) groups excluding carboxylic acids is 4. The van der Waals surface area contributed by atoms with Crippen molar-refractivity contribution < 1.29 is 66.2 Å². The van der Waals surface area contributed by atoms with Crippen molar-refractivity contribution in [1.29, 1.82) is 0 Å². The zero-order valence-electron chi connectivity index (χ0n) is 49.0. The van der Waals surface area contributed by atoms with E-state index >= 15 is 0 Å². The first-order chi connectivity index (χ1) is 42.1. The maximum Gasteiger partial charge on any atom is 0.308 e. The molecule has 87 heavy (non-hydrogen) atoms. The topological polar surface area (TPSA) is 173 Å². The van der Waals surface area contributed by atoms with E-state index in [2.05, 4.69) is 9.80 Å². The Hall–Kier alpha value is -6.62. The third-order valence-electron chi connectivity index (χ3n) is 15.9. The van der Waals surface area contributed by atoms with Crippen molar-refractivity contribution in [2.75, 3.05) is 88.6 Å². The molecule has 0 unspecified atom stereocenters. The molecule has 10 rings (SSSR count). The molecule has 4 aliphatic heterocycles. The molecule has 24 heteroatoms. The molecule has 0 N–H and O–H groups in total. The largest absolute Gasteiger partial charge is 0.491 e. The van der Waals surface area contributed by atoms with Crippen LogP contribution in [0.5, 0.6) is 11.5 Å². The van der Waals surface area contributed by atoms with Gasteiger partial charge in [-0.3, -0.25) is 19.2 Å². The van der Waals surface area contributed by atoms with Gasteiger partial charge in [0.25, 0.3) is 0 Å². The fourth-order valence-corrected chi connectivity index (χ4v) is 12.3. The van der Waals surface area contributed by atoms with E-state index in [4.69, 9.17) is 84.3 Å².